The van der Waals surface area contributed by atoms with E-state index in [9.17, 15) is 9.18 Å². The number of carbonyl (C=O) groups is 1. The topological polar surface area (TPSA) is 45.2 Å². The van der Waals surface area contributed by atoms with Crippen LogP contribution in [-0.2, 0) is 11.2 Å². The summed E-state index contributed by atoms with van der Waals surface area (Å²) in [5.74, 6) is -0.303. The first-order valence-electron chi connectivity index (χ1n) is 6.23. The molecule has 0 atom stereocenters. The van der Waals surface area contributed by atoms with E-state index in [1.165, 1.54) is 12.3 Å². The average Bonchev–Trinajstić information content (AvgIpc) is 2.38. The van der Waals surface area contributed by atoms with E-state index in [1.54, 1.807) is 6.08 Å². The Labute approximate surface area is 113 Å². The van der Waals surface area contributed by atoms with Gasteiger partial charge in [-0.05, 0) is 38.6 Å². The van der Waals surface area contributed by atoms with Gasteiger partial charge in [0.1, 0.15) is 12.1 Å². The van der Waals surface area contributed by atoms with Gasteiger partial charge in [-0.2, -0.15) is 0 Å². The second kappa shape index (κ2) is 7.63. The summed E-state index contributed by atoms with van der Waals surface area (Å²) < 4.78 is 13.9. The standard InChI is InChI=1S/C14H20FN3O/c1-16-8-4-6-11-12(15)10-17-13(7-5-9-19)14(11)18(2)3/h5,7,9-10,16H,4,6,8H2,1-3H3/b7-5-. The first-order valence-corrected chi connectivity index (χ1v) is 6.23. The SMILES string of the molecule is CNCCCc1c(F)cnc(/C=C\C=O)c1N(C)C. The Morgan fingerprint density at radius 3 is 2.79 bits per heavy atom. The third-order valence-corrected chi connectivity index (χ3v) is 2.77. The highest BCUT2D eigenvalue weighted by molar-refractivity contribution is 5.77. The average molecular weight is 265 g/mol. The molecule has 0 fully saturated rings. The van der Waals surface area contributed by atoms with Crippen LogP contribution in [-0.4, -0.2) is 39.0 Å². The zero-order valence-electron chi connectivity index (χ0n) is 11.6. The van der Waals surface area contributed by atoms with Gasteiger partial charge in [0.15, 0.2) is 0 Å². The fourth-order valence-electron chi connectivity index (χ4n) is 1.96. The molecule has 5 heteroatoms. The molecule has 0 saturated heterocycles. The maximum Gasteiger partial charge on any atom is 0.146 e. The Morgan fingerprint density at radius 1 is 1.47 bits per heavy atom. The van der Waals surface area contributed by atoms with E-state index in [0.717, 1.165) is 18.7 Å². The Hall–Kier alpha value is -1.75. The number of nitrogens with zero attached hydrogens (tertiary/aromatic N) is 2. The van der Waals surface area contributed by atoms with Crippen LogP contribution in [0.3, 0.4) is 0 Å². The molecule has 0 aromatic carbocycles. The van der Waals surface area contributed by atoms with Crippen LogP contribution < -0.4 is 10.2 Å². The highest BCUT2D eigenvalue weighted by Crippen LogP contribution is 2.27. The number of anilines is 1. The first-order chi connectivity index (χ1) is 9.11. The summed E-state index contributed by atoms with van der Waals surface area (Å²) in [5.41, 5.74) is 1.98. The van der Waals surface area contributed by atoms with Gasteiger partial charge in [-0.3, -0.25) is 9.78 Å². The van der Waals surface area contributed by atoms with Crippen LogP contribution in [0.15, 0.2) is 12.3 Å². The number of carbonyl (C=O) groups excluding carboxylic acids is 1. The van der Waals surface area contributed by atoms with E-state index in [-0.39, 0.29) is 5.82 Å². The number of halogens is 1. The summed E-state index contributed by atoms with van der Waals surface area (Å²) >= 11 is 0. The lowest BCUT2D eigenvalue weighted by Gasteiger charge is -2.20. The number of aldehydes is 1. The fourth-order valence-corrected chi connectivity index (χ4v) is 1.96. The van der Waals surface area contributed by atoms with Crippen molar-refractivity contribution in [3.05, 3.63) is 29.3 Å². The minimum absolute atomic E-state index is 0.303. The molecule has 0 amide bonds. The van der Waals surface area contributed by atoms with Crippen molar-refractivity contribution < 1.29 is 9.18 Å². The zero-order chi connectivity index (χ0) is 14.3. The van der Waals surface area contributed by atoms with Crippen LogP contribution >= 0.6 is 0 Å². The highest BCUT2D eigenvalue weighted by atomic mass is 19.1. The van der Waals surface area contributed by atoms with Gasteiger partial charge in [-0.25, -0.2) is 4.39 Å². The third-order valence-electron chi connectivity index (χ3n) is 2.77. The normalized spacial score (nSPS) is 10.9. The van der Waals surface area contributed by atoms with Gasteiger partial charge in [0, 0.05) is 19.7 Å². The molecule has 0 bridgehead atoms. The molecule has 1 heterocycles. The smallest absolute Gasteiger partial charge is 0.146 e. The number of rotatable bonds is 7. The molecule has 104 valence electrons. The number of allylic oxidation sites excluding steroid dienone is 1. The Morgan fingerprint density at radius 2 is 2.21 bits per heavy atom. The van der Waals surface area contributed by atoms with Crippen LogP contribution in [0.5, 0.6) is 0 Å². The number of nitrogens with one attached hydrogen (secondary N) is 1. The predicted octanol–water partition coefficient (Wildman–Crippen LogP) is 1.65. The molecule has 4 nitrogen and oxygen atoms in total. The Bertz CT molecular complexity index is 458. The van der Waals surface area contributed by atoms with Crippen molar-refractivity contribution in [2.45, 2.75) is 12.8 Å². The summed E-state index contributed by atoms with van der Waals surface area (Å²) in [5, 5.41) is 3.04. The molecule has 0 radical (unpaired) electrons. The Kier molecular flexibility index (Phi) is 6.15. The monoisotopic (exact) mass is 265 g/mol. The molecule has 0 aliphatic rings. The fraction of sp³-hybridized carbons (Fsp3) is 0.429. The van der Waals surface area contributed by atoms with Crippen molar-refractivity contribution in [2.75, 3.05) is 32.6 Å². The molecular formula is C14H20FN3O. The molecule has 0 aliphatic heterocycles. The second-order valence-electron chi connectivity index (χ2n) is 4.42. The van der Waals surface area contributed by atoms with Gasteiger partial charge < -0.3 is 10.2 Å². The van der Waals surface area contributed by atoms with Crippen molar-refractivity contribution in [3.8, 4) is 0 Å². The van der Waals surface area contributed by atoms with E-state index >= 15 is 0 Å². The van der Waals surface area contributed by atoms with Gasteiger partial charge in [0.2, 0.25) is 0 Å². The molecule has 0 spiro atoms. The maximum atomic E-state index is 13.9. The van der Waals surface area contributed by atoms with E-state index < -0.39 is 0 Å². The van der Waals surface area contributed by atoms with Gasteiger partial charge in [-0.15, -0.1) is 0 Å². The number of aromatic nitrogens is 1. The van der Waals surface area contributed by atoms with Crippen LogP contribution in [0.25, 0.3) is 6.08 Å². The van der Waals surface area contributed by atoms with Gasteiger partial charge in [0.05, 0.1) is 17.6 Å². The van der Waals surface area contributed by atoms with Gasteiger partial charge in [0.25, 0.3) is 0 Å². The van der Waals surface area contributed by atoms with Crippen molar-refractivity contribution in [1.29, 1.82) is 0 Å². The minimum Gasteiger partial charge on any atom is -0.376 e. The molecule has 1 rings (SSSR count). The van der Waals surface area contributed by atoms with Crippen LogP contribution in [0.4, 0.5) is 10.1 Å². The van der Waals surface area contributed by atoms with Crippen LogP contribution in [0, 0.1) is 5.82 Å². The number of pyridine rings is 1. The summed E-state index contributed by atoms with van der Waals surface area (Å²) in [7, 11) is 5.56. The van der Waals surface area contributed by atoms with E-state index in [0.29, 0.717) is 24.0 Å². The van der Waals surface area contributed by atoms with Crippen molar-refractivity contribution in [3.63, 3.8) is 0 Å². The molecular weight excluding hydrogens is 245 g/mol. The summed E-state index contributed by atoms with van der Waals surface area (Å²) in [6, 6.07) is 0. The van der Waals surface area contributed by atoms with Crippen LogP contribution in [0.1, 0.15) is 17.7 Å². The van der Waals surface area contributed by atoms with E-state index in [4.69, 9.17) is 0 Å². The van der Waals surface area contributed by atoms with Crippen molar-refractivity contribution in [1.82, 2.24) is 10.3 Å². The van der Waals surface area contributed by atoms with Crippen LogP contribution in [0.2, 0.25) is 0 Å². The lowest BCUT2D eigenvalue weighted by atomic mass is 10.1. The maximum absolute atomic E-state index is 13.9. The molecule has 1 aromatic heterocycles. The van der Waals surface area contributed by atoms with Crippen molar-refractivity contribution in [2.24, 2.45) is 0 Å². The van der Waals surface area contributed by atoms with E-state index in [1.807, 2.05) is 26.0 Å². The predicted molar refractivity (Wildman–Crippen MR) is 75.9 cm³/mol. The summed E-state index contributed by atoms with van der Waals surface area (Å²) in [6.45, 7) is 0.828. The zero-order valence-corrected chi connectivity index (χ0v) is 11.6. The molecule has 0 saturated carbocycles. The third kappa shape index (κ3) is 4.13. The number of hydrogen-bond donors (Lipinski definition) is 1. The first kappa shape index (κ1) is 15.3. The quantitative estimate of drug-likeness (QED) is 0.462. The minimum atomic E-state index is -0.303. The summed E-state index contributed by atoms with van der Waals surface area (Å²) in [4.78, 5) is 16.3. The molecule has 0 unspecified atom stereocenters. The summed E-state index contributed by atoms with van der Waals surface area (Å²) in [6.07, 6.45) is 6.34. The van der Waals surface area contributed by atoms with Gasteiger partial charge in [-0.1, -0.05) is 0 Å². The molecule has 1 N–H and O–H groups in total. The number of hydrogen-bond acceptors (Lipinski definition) is 4. The van der Waals surface area contributed by atoms with E-state index in [2.05, 4.69) is 10.3 Å². The molecule has 19 heavy (non-hydrogen) atoms. The second-order valence-corrected chi connectivity index (χ2v) is 4.42. The lowest BCUT2D eigenvalue weighted by Crippen LogP contribution is -2.16. The molecule has 0 aliphatic carbocycles. The van der Waals surface area contributed by atoms with Crippen molar-refractivity contribution >= 4 is 18.0 Å². The lowest BCUT2D eigenvalue weighted by molar-refractivity contribution is -0.104. The Balaban J connectivity index is 3.17. The largest absolute Gasteiger partial charge is 0.376 e. The highest BCUT2D eigenvalue weighted by Gasteiger charge is 2.14. The van der Waals surface area contributed by atoms with Gasteiger partial charge >= 0.3 is 0 Å². The molecule has 1 aromatic rings.